The van der Waals surface area contributed by atoms with Crippen LogP contribution in [0, 0.1) is 35.5 Å². The lowest BCUT2D eigenvalue weighted by atomic mass is 9.99. The first-order valence-corrected chi connectivity index (χ1v) is 35.5. The first kappa shape index (κ1) is 91.9. The third-order valence-corrected chi connectivity index (χ3v) is 15.8. The van der Waals surface area contributed by atoms with Crippen LogP contribution in [0.25, 0.3) is 0 Å². The Hall–Kier alpha value is -7.13. The van der Waals surface area contributed by atoms with Gasteiger partial charge in [-0.2, -0.15) is 0 Å². The van der Waals surface area contributed by atoms with Crippen molar-refractivity contribution in [3.63, 3.8) is 0 Å². The molecule has 11 atom stereocenters. The average Bonchev–Trinajstić information content (AvgIpc) is 0.872. The van der Waals surface area contributed by atoms with Crippen LogP contribution in [0.3, 0.4) is 0 Å². The third kappa shape index (κ3) is 40.0. The van der Waals surface area contributed by atoms with Crippen molar-refractivity contribution in [1.82, 2.24) is 63.8 Å². The van der Waals surface area contributed by atoms with Gasteiger partial charge in [0.2, 0.25) is 70.9 Å². The van der Waals surface area contributed by atoms with Gasteiger partial charge in [0.15, 0.2) is 0 Å². The number of nitrogens with two attached hydrogens (primary N) is 5. The van der Waals surface area contributed by atoms with E-state index in [-0.39, 0.29) is 119 Å². The molecule has 0 aromatic rings. The van der Waals surface area contributed by atoms with Crippen LogP contribution in [0.4, 0.5) is 0 Å². The van der Waals surface area contributed by atoms with E-state index in [1.54, 1.807) is 41.5 Å². The molecule has 0 aromatic carbocycles. The smallest absolute Gasteiger partial charge is 0.326 e. The fourth-order valence-electron chi connectivity index (χ4n) is 10.7. The molecular formula is C67H127N17O15. The second-order valence-electron chi connectivity index (χ2n) is 28.1. The van der Waals surface area contributed by atoms with Crippen LogP contribution in [0.5, 0.6) is 0 Å². The van der Waals surface area contributed by atoms with Gasteiger partial charge in [0.25, 0.3) is 0 Å². The van der Waals surface area contributed by atoms with Gasteiger partial charge in [0, 0.05) is 0 Å². The fourth-order valence-corrected chi connectivity index (χ4v) is 10.7. The van der Waals surface area contributed by atoms with Gasteiger partial charge in [0.05, 0.1) is 19.7 Å². The van der Waals surface area contributed by atoms with Crippen LogP contribution in [0.15, 0.2) is 0 Å². The Morgan fingerprint density at radius 2 is 0.485 bits per heavy atom. The van der Waals surface area contributed by atoms with Gasteiger partial charge in [0.1, 0.15) is 66.5 Å². The van der Waals surface area contributed by atoms with Gasteiger partial charge < -0.3 is 103 Å². The fraction of sp³-hybridized carbons (Fsp3) is 0.806. The number of rotatable bonds is 54. The predicted octanol–water partition coefficient (Wildman–Crippen LogP) is -1.74. The normalized spacial score (nSPS) is 14.8. The van der Waals surface area contributed by atoms with Crippen LogP contribution in [0.2, 0.25) is 0 Å². The molecule has 0 aliphatic rings. The number of carbonyl (C=O) groups is 13. The molecule has 0 heterocycles. The summed E-state index contributed by atoms with van der Waals surface area (Å²) < 4.78 is 0. The first-order valence-electron chi connectivity index (χ1n) is 35.5. The number of carbonyl (C=O) groups excluding carboxylic acids is 12. The van der Waals surface area contributed by atoms with Crippen LogP contribution in [-0.4, -0.2) is 199 Å². The molecule has 32 heteroatoms. The van der Waals surface area contributed by atoms with E-state index in [1.165, 1.54) is 0 Å². The summed E-state index contributed by atoms with van der Waals surface area (Å²) in [6.45, 7) is 20.9. The number of hydrogen-bond donors (Lipinski definition) is 19. The van der Waals surface area contributed by atoms with Crippen molar-refractivity contribution in [1.29, 1.82) is 0 Å². The molecule has 0 fully saturated rings. The lowest BCUT2D eigenvalue weighted by molar-refractivity contribution is -0.142. The number of carboxylic acid groups (broad SMARTS) is 1. The van der Waals surface area contributed by atoms with Crippen molar-refractivity contribution in [3.05, 3.63) is 0 Å². The summed E-state index contributed by atoms with van der Waals surface area (Å²) in [5, 5.41) is 52.1. The van der Waals surface area contributed by atoms with E-state index < -0.39 is 156 Å². The van der Waals surface area contributed by atoms with Crippen molar-refractivity contribution in [3.8, 4) is 0 Å². The largest absolute Gasteiger partial charge is 0.480 e. The van der Waals surface area contributed by atoms with Gasteiger partial charge in [-0.3, -0.25) is 57.5 Å². The van der Waals surface area contributed by atoms with Gasteiger partial charge in [-0.15, -0.1) is 0 Å². The molecule has 0 aliphatic carbocycles. The summed E-state index contributed by atoms with van der Waals surface area (Å²) in [5.41, 5.74) is 28.3. The molecule has 0 saturated heterocycles. The molecule has 0 rings (SSSR count). The summed E-state index contributed by atoms with van der Waals surface area (Å²) >= 11 is 0. The lowest BCUT2D eigenvalue weighted by Crippen LogP contribution is -2.61. The summed E-state index contributed by atoms with van der Waals surface area (Å²) in [7, 11) is 0. The summed E-state index contributed by atoms with van der Waals surface area (Å²) in [5.74, 6) is -11.4. The maximum atomic E-state index is 14.4. The number of carboxylic acids is 1. The summed E-state index contributed by atoms with van der Waals surface area (Å²) in [6.07, 6.45) is 4.60. The predicted molar refractivity (Wildman–Crippen MR) is 376 cm³/mol. The minimum Gasteiger partial charge on any atom is -0.480 e. The molecule has 0 saturated carbocycles. The van der Waals surface area contributed by atoms with Crippen LogP contribution in [-0.2, 0) is 62.3 Å². The second-order valence-corrected chi connectivity index (χ2v) is 28.1. The van der Waals surface area contributed by atoms with E-state index in [4.69, 9.17) is 28.7 Å². The highest BCUT2D eigenvalue weighted by Gasteiger charge is 2.37. The third-order valence-electron chi connectivity index (χ3n) is 15.8. The Bertz CT molecular complexity index is 2510. The Balaban J connectivity index is 6.68. The van der Waals surface area contributed by atoms with Gasteiger partial charge >= 0.3 is 5.97 Å². The van der Waals surface area contributed by atoms with Crippen molar-refractivity contribution in [2.75, 3.05) is 45.9 Å². The zero-order chi connectivity index (χ0) is 75.5. The van der Waals surface area contributed by atoms with Gasteiger partial charge in [-0.05, 0) is 177 Å². The summed E-state index contributed by atoms with van der Waals surface area (Å²) in [6, 6.07) is -13.9. The van der Waals surface area contributed by atoms with E-state index >= 15 is 0 Å². The minimum atomic E-state index is -1.66. The van der Waals surface area contributed by atoms with Gasteiger partial charge in [-0.25, -0.2) is 4.79 Å². The Morgan fingerprint density at radius 3 is 0.737 bits per heavy atom. The highest BCUT2D eigenvalue weighted by molar-refractivity contribution is 5.99. The zero-order valence-electron chi connectivity index (χ0n) is 61.1. The van der Waals surface area contributed by atoms with E-state index in [0.29, 0.717) is 64.5 Å². The zero-order valence-corrected chi connectivity index (χ0v) is 61.1. The molecule has 0 spiro atoms. The van der Waals surface area contributed by atoms with E-state index in [1.807, 2.05) is 41.5 Å². The minimum absolute atomic E-state index is 0.00682. The Morgan fingerprint density at radius 1 is 0.273 bits per heavy atom. The van der Waals surface area contributed by atoms with Crippen molar-refractivity contribution < 1.29 is 72.5 Å². The molecule has 570 valence electrons. The highest BCUT2D eigenvalue weighted by Crippen LogP contribution is 2.16. The molecule has 32 nitrogen and oxygen atoms in total. The molecule has 24 N–H and O–H groups in total. The number of aliphatic hydroxyl groups excluding tert-OH is 1. The number of unbranched alkanes of at least 4 members (excludes halogenated alkanes) is 4. The van der Waals surface area contributed by atoms with Crippen molar-refractivity contribution >= 4 is 76.9 Å². The van der Waals surface area contributed by atoms with Crippen LogP contribution in [0.1, 0.15) is 199 Å². The molecule has 0 unspecified atom stereocenters. The standard InChI is InChI=1S/C67H127N17O15/c1-38(2)29-48(57(88)73-36-56(87)75-45(22-14-18-26-69)59(90)80-52(33-42(9)10)63(94)82-49(30-39(3)4)61(92)77-47(67(98)99)24-16-20-28-71)78-62(93)50(31-40(5)6)81-60(91)46(23-15-19-27-70)76-66(97)54(37-85)84-65(96)53(34-43(11)12)83-64(95)51(32-41(7)8)79-58(89)44(21-13-17-25-68)74-55(86)35-72/h38-54,85H,13-37,68-72H2,1-12H3,(H,73,88)(H,74,86)(H,75,87)(H,76,97)(H,77,92)(H,78,93)(H,79,89)(H,80,90)(H,81,91)(H,82,94)(H,83,95)(H,84,96)(H,98,99)/t44-,45-,46-,47-,48-,49-,50-,51-,52-,53-,54-/m0/s1. The number of amides is 12. The molecule has 99 heavy (non-hydrogen) atoms. The number of aliphatic carboxylic acids is 1. The molecule has 0 bridgehead atoms. The van der Waals surface area contributed by atoms with E-state index in [9.17, 15) is 72.5 Å². The molecular weight excluding hydrogens is 1280 g/mol. The molecule has 0 aliphatic heterocycles. The highest BCUT2D eigenvalue weighted by atomic mass is 16.4. The topological polar surface area (TPSA) is 537 Å². The van der Waals surface area contributed by atoms with Crippen molar-refractivity contribution in [2.24, 2.45) is 64.2 Å². The number of hydrogen-bond acceptors (Lipinski definition) is 19. The van der Waals surface area contributed by atoms with E-state index in [2.05, 4.69) is 63.8 Å². The number of nitrogens with one attached hydrogen (secondary N) is 12. The number of aliphatic hydroxyl groups is 1. The molecule has 0 radical (unpaired) electrons. The monoisotopic (exact) mass is 1410 g/mol. The Kier molecular flexibility index (Phi) is 47.4. The maximum absolute atomic E-state index is 14.4. The van der Waals surface area contributed by atoms with Crippen LogP contribution < -0.4 is 92.5 Å². The first-order chi connectivity index (χ1) is 46.6. The SMILES string of the molecule is CC(C)C[C@H](NC(=O)[C@H](CC(C)C)NC(=O)[C@H](CCCCN)NC(=O)[C@H](CO)NC(=O)[C@H](CC(C)C)NC(=O)[C@H](CC(C)C)NC(=O)[C@H](CCCCN)NC(=O)CN)C(=O)NCC(=O)N[C@@H](CCCCN)C(=O)N[C@@H](CC(C)C)C(=O)N[C@@H](CC(C)C)C(=O)N[C@@H](CCCCN)C(=O)O. The Labute approximate surface area is 586 Å². The second kappa shape index (κ2) is 51.1. The summed E-state index contributed by atoms with van der Waals surface area (Å²) in [4.78, 5) is 178. The molecule has 12 amide bonds. The van der Waals surface area contributed by atoms with Crippen LogP contribution >= 0.6 is 0 Å². The lowest BCUT2D eigenvalue weighted by Gasteiger charge is -2.29. The van der Waals surface area contributed by atoms with E-state index in [0.717, 1.165) is 0 Å². The van der Waals surface area contributed by atoms with Gasteiger partial charge in [-0.1, -0.05) is 83.1 Å². The maximum Gasteiger partial charge on any atom is 0.326 e. The average molecular weight is 1410 g/mol. The quantitative estimate of drug-likeness (QED) is 0.0301. The van der Waals surface area contributed by atoms with Crippen molar-refractivity contribution in [2.45, 2.75) is 265 Å². The molecule has 0 aromatic heterocycles.